The molecule has 0 spiro atoms. The van der Waals surface area contributed by atoms with Gasteiger partial charge >= 0.3 is 0 Å². The van der Waals surface area contributed by atoms with E-state index in [1.54, 1.807) is 6.20 Å². The van der Waals surface area contributed by atoms with Crippen LogP contribution < -0.4 is 10.2 Å². The predicted octanol–water partition coefficient (Wildman–Crippen LogP) is 2.41. The fourth-order valence-electron chi connectivity index (χ4n) is 2.15. The highest BCUT2D eigenvalue weighted by Crippen LogP contribution is 2.32. The van der Waals surface area contributed by atoms with Gasteiger partial charge in [0.1, 0.15) is 5.82 Å². The van der Waals surface area contributed by atoms with E-state index < -0.39 is 0 Å². The van der Waals surface area contributed by atoms with Crippen LogP contribution in [0.5, 0.6) is 0 Å². The molecule has 1 saturated carbocycles. The van der Waals surface area contributed by atoms with E-state index >= 15 is 0 Å². The molecule has 0 saturated heterocycles. The van der Waals surface area contributed by atoms with Crippen LogP contribution in [-0.2, 0) is 0 Å². The Kier molecular flexibility index (Phi) is 5.39. The first-order valence-electron chi connectivity index (χ1n) is 6.90. The Balaban J connectivity index is 2.18. The molecule has 0 atom stereocenters. The molecule has 1 aromatic heterocycles. The van der Waals surface area contributed by atoms with Crippen LogP contribution in [0.1, 0.15) is 32.6 Å². The molecule has 0 aliphatic heterocycles. The molecular weight excluding hydrogens is 308 g/mol. The number of hydrogen-bond donors (Lipinski definition) is 2. The van der Waals surface area contributed by atoms with Gasteiger partial charge < -0.3 is 15.3 Å². The molecule has 0 amide bonds. The first-order valence-corrected chi connectivity index (χ1v) is 7.69. The Morgan fingerprint density at radius 3 is 2.89 bits per heavy atom. The van der Waals surface area contributed by atoms with Gasteiger partial charge in [-0.2, -0.15) is 4.98 Å². The minimum Gasteiger partial charge on any atom is -0.395 e. The summed E-state index contributed by atoms with van der Waals surface area (Å²) in [6, 6.07) is 0.498. The minimum absolute atomic E-state index is 0.144. The maximum absolute atomic E-state index is 9.25. The lowest BCUT2D eigenvalue weighted by molar-refractivity contribution is 0.283. The third kappa shape index (κ3) is 3.57. The summed E-state index contributed by atoms with van der Waals surface area (Å²) in [5, 5.41) is 12.5. The van der Waals surface area contributed by atoms with Crippen LogP contribution >= 0.6 is 15.9 Å². The summed E-state index contributed by atoms with van der Waals surface area (Å²) >= 11 is 3.51. The van der Waals surface area contributed by atoms with Crippen molar-refractivity contribution in [2.24, 2.45) is 0 Å². The maximum atomic E-state index is 9.25. The first kappa shape index (κ1) is 14.5. The standard InChI is InChI=1S/C13H21BrN4O/c1-2-6-15-13-16-9-11(14)12(17-13)18(7-8-19)10-4-3-5-10/h9-10,19H,2-8H2,1H3,(H,15,16,17). The molecule has 1 aliphatic rings. The Morgan fingerprint density at radius 1 is 1.53 bits per heavy atom. The van der Waals surface area contributed by atoms with Crippen molar-refractivity contribution < 1.29 is 5.11 Å². The smallest absolute Gasteiger partial charge is 0.224 e. The molecule has 2 rings (SSSR count). The molecular formula is C13H21BrN4O. The van der Waals surface area contributed by atoms with Crippen LogP contribution in [0.2, 0.25) is 0 Å². The Hall–Kier alpha value is -0.880. The monoisotopic (exact) mass is 328 g/mol. The van der Waals surface area contributed by atoms with Gasteiger partial charge in [-0.05, 0) is 41.6 Å². The van der Waals surface area contributed by atoms with E-state index in [9.17, 15) is 5.11 Å². The average molecular weight is 329 g/mol. The quantitative estimate of drug-likeness (QED) is 0.804. The summed E-state index contributed by atoms with van der Waals surface area (Å²) in [5.74, 6) is 1.54. The number of halogens is 1. The number of rotatable bonds is 7. The van der Waals surface area contributed by atoms with Crippen LogP contribution in [0.3, 0.4) is 0 Å². The average Bonchev–Trinajstić information content (AvgIpc) is 2.35. The predicted molar refractivity (Wildman–Crippen MR) is 80.6 cm³/mol. The second kappa shape index (κ2) is 7.05. The van der Waals surface area contributed by atoms with Crippen molar-refractivity contribution in [1.82, 2.24) is 9.97 Å². The Morgan fingerprint density at radius 2 is 2.32 bits per heavy atom. The Bertz CT molecular complexity index is 412. The molecule has 106 valence electrons. The van der Waals surface area contributed by atoms with Crippen LogP contribution in [0.4, 0.5) is 11.8 Å². The number of aromatic nitrogens is 2. The maximum Gasteiger partial charge on any atom is 0.224 e. The summed E-state index contributed by atoms with van der Waals surface area (Å²) < 4.78 is 0.884. The number of aliphatic hydroxyl groups excluding tert-OH is 1. The van der Waals surface area contributed by atoms with Crippen molar-refractivity contribution in [3.8, 4) is 0 Å². The molecule has 5 nitrogen and oxygen atoms in total. The molecule has 1 aromatic rings. The molecule has 1 fully saturated rings. The van der Waals surface area contributed by atoms with E-state index in [0.29, 0.717) is 18.5 Å². The zero-order valence-electron chi connectivity index (χ0n) is 11.3. The topological polar surface area (TPSA) is 61.3 Å². The van der Waals surface area contributed by atoms with Gasteiger partial charge in [0.2, 0.25) is 5.95 Å². The molecule has 0 aromatic carbocycles. The van der Waals surface area contributed by atoms with Crippen LogP contribution in [-0.4, -0.2) is 40.8 Å². The van der Waals surface area contributed by atoms with Crippen molar-refractivity contribution in [2.75, 3.05) is 29.9 Å². The molecule has 0 bridgehead atoms. The molecule has 2 N–H and O–H groups in total. The second-order valence-electron chi connectivity index (χ2n) is 4.79. The first-order chi connectivity index (χ1) is 9.26. The molecule has 0 radical (unpaired) electrons. The van der Waals surface area contributed by atoms with E-state index in [2.05, 4.69) is 43.0 Å². The van der Waals surface area contributed by atoms with Gasteiger partial charge in [0.15, 0.2) is 0 Å². The van der Waals surface area contributed by atoms with E-state index in [4.69, 9.17) is 0 Å². The lowest BCUT2D eigenvalue weighted by Gasteiger charge is -2.38. The molecule has 1 heterocycles. The summed E-state index contributed by atoms with van der Waals surface area (Å²) in [7, 11) is 0. The number of aliphatic hydroxyl groups is 1. The van der Waals surface area contributed by atoms with Crippen molar-refractivity contribution in [3.63, 3.8) is 0 Å². The Labute approximate surface area is 122 Å². The third-order valence-corrected chi connectivity index (χ3v) is 3.95. The van der Waals surface area contributed by atoms with Gasteiger partial charge in [-0.1, -0.05) is 6.92 Å². The van der Waals surface area contributed by atoms with Gasteiger partial charge in [-0.3, -0.25) is 0 Å². The molecule has 6 heteroatoms. The van der Waals surface area contributed by atoms with Gasteiger partial charge in [-0.25, -0.2) is 4.98 Å². The van der Waals surface area contributed by atoms with Crippen molar-refractivity contribution >= 4 is 27.7 Å². The van der Waals surface area contributed by atoms with E-state index in [0.717, 1.165) is 23.3 Å². The molecule has 19 heavy (non-hydrogen) atoms. The zero-order chi connectivity index (χ0) is 13.7. The second-order valence-corrected chi connectivity index (χ2v) is 5.65. The highest BCUT2D eigenvalue weighted by Gasteiger charge is 2.27. The molecule has 1 aliphatic carbocycles. The fraction of sp³-hybridized carbons (Fsp3) is 0.692. The molecule has 0 unspecified atom stereocenters. The number of anilines is 2. The number of nitrogens with zero attached hydrogens (tertiary/aromatic N) is 3. The highest BCUT2D eigenvalue weighted by molar-refractivity contribution is 9.10. The van der Waals surface area contributed by atoms with Crippen molar-refractivity contribution in [1.29, 1.82) is 0 Å². The van der Waals surface area contributed by atoms with Crippen molar-refractivity contribution in [2.45, 2.75) is 38.6 Å². The van der Waals surface area contributed by atoms with E-state index in [1.807, 2.05) is 0 Å². The van der Waals surface area contributed by atoms with Crippen LogP contribution in [0.15, 0.2) is 10.7 Å². The van der Waals surface area contributed by atoms with Gasteiger partial charge in [0, 0.05) is 25.3 Å². The van der Waals surface area contributed by atoms with Gasteiger partial charge in [0.25, 0.3) is 0 Å². The third-order valence-electron chi connectivity index (χ3n) is 3.39. The SMILES string of the molecule is CCCNc1ncc(Br)c(N(CCO)C2CCC2)n1. The van der Waals surface area contributed by atoms with Crippen molar-refractivity contribution in [3.05, 3.63) is 10.7 Å². The summed E-state index contributed by atoms with van der Waals surface area (Å²) in [5.41, 5.74) is 0. The highest BCUT2D eigenvalue weighted by atomic mass is 79.9. The van der Waals surface area contributed by atoms with E-state index in [1.165, 1.54) is 19.3 Å². The summed E-state index contributed by atoms with van der Waals surface area (Å²) in [4.78, 5) is 11.0. The van der Waals surface area contributed by atoms with E-state index in [-0.39, 0.29) is 6.61 Å². The fourth-order valence-corrected chi connectivity index (χ4v) is 2.57. The normalized spacial score (nSPS) is 15.1. The summed E-state index contributed by atoms with van der Waals surface area (Å²) in [6.07, 6.45) is 6.43. The van der Waals surface area contributed by atoms with Crippen LogP contribution in [0.25, 0.3) is 0 Å². The van der Waals surface area contributed by atoms with Gasteiger partial charge in [0.05, 0.1) is 11.1 Å². The van der Waals surface area contributed by atoms with Gasteiger partial charge in [-0.15, -0.1) is 0 Å². The lowest BCUT2D eigenvalue weighted by atomic mass is 9.91. The minimum atomic E-state index is 0.144. The zero-order valence-corrected chi connectivity index (χ0v) is 12.9. The summed E-state index contributed by atoms with van der Waals surface area (Å²) in [6.45, 7) is 3.74. The largest absolute Gasteiger partial charge is 0.395 e. The number of hydrogen-bond acceptors (Lipinski definition) is 5. The number of nitrogens with one attached hydrogen (secondary N) is 1. The van der Waals surface area contributed by atoms with Crippen LogP contribution in [0, 0.1) is 0 Å². The lowest BCUT2D eigenvalue weighted by Crippen LogP contribution is -2.42.